The molecule has 0 amide bonds. The van der Waals surface area contributed by atoms with Crippen LogP contribution in [-0.4, -0.2) is 31.4 Å². The third-order valence-electron chi connectivity index (χ3n) is 3.84. The first-order valence-electron chi connectivity index (χ1n) is 7.86. The molecule has 1 heterocycles. The molecule has 21 heavy (non-hydrogen) atoms. The van der Waals surface area contributed by atoms with Crippen molar-refractivity contribution in [1.29, 1.82) is 0 Å². The van der Waals surface area contributed by atoms with E-state index >= 15 is 0 Å². The van der Waals surface area contributed by atoms with E-state index in [4.69, 9.17) is 21.1 Å². The second-order valence-electron chi connectivity index (χ2n) is 5.80. The Bertz CT molecular complexity index is 431. The largest absolute Gasteiger partial charge is 0.375 e. The Balaban J connectivity index is 2.07. The minimum Gasteiger partial charge on any atom is -0.375 e. The third kappa shape index (κ3) is 4.96. The minimum atomic E-state index is -0.0128. The summed E-state index contributed by atoms with van der Waals surface area (Å²) in [6, 6.07) is 7.94. The summed E-state index contributed by atoms with van der Waals surface area (Å²) < 4.78 is 12.2. The van der Waals surface area contributed by atoms with Crippen LogP contribution in [0.2, 0.25) is 5.02 Å². The Morgan fingerprint density at radius 2 is 1.95 bits per heavy atom. The average Bonchev–Trinajstić information content (AvgIpc) is 2.43. The molecule has 2 rings (SSSR count). The molecule has 0 radical (unpaired) electrons. The van der Waals surface area contributed by atoms with Crippen molar-refractivity contribution in [2.75, 3.05) is 13.1 Å². The Morgan fingerprint density at radius 1 is 1.29 bits per heavy atom. The zero-order chi connectivity index (χ0) is 15.2. The highest BCUT2D eigenvalue weighted by molar-refractivity contribution is 6.31. The van der Waals surface area contributed by atoms with Crippen LogP contribution in [0.5, 0.6) is 0 Å². The van der Waals surface area contributed by atoms with Crippen LogP contribution >= 0.6 is 11.6 Å². The number of hydrogen-bond donors (Lipinski definition) is 1. The summed E-state index contributed by atoms with van der Waals surface area (Å²) in [5.41, 5.74) is 1.06. The van der Waals surface area contributed by atoms with E-state index in [9.17, 15) is 0 Å². The van der Waals surface area contributed by atoms with Crippen molar-refractivity contribution in [1.82, 2.24) is 5.32 Å². The summed E-state index contributed by atoms with van der Waals surface area (Å²) >= 11 is 6.34. The van der Waals surface area contributed by atoms with E-state index in [0.717, 1.165) is 36.5 Å². The molecular formula is C17H26ClNO2. The van der Waals surface area contributed by atoms with Gasteiger partial charge >= 0.3 is 0 Å². The lowest BCUT2D eigenvalue weighted by atomic mass is 10.0. The molecule has 1 aliphatic rings. The Kier molecular flexibility index (Phi) is 6.49. The van der Waals surface area contributed by atoms with Crippen LogP contribution in [0.4, 0.5) is 0 Å². The van der Waals surface area contributed by atoms with Crippen molar-refractivity contribution in [2.24, 2.45) is 0 Å². The topological polar surface area (TPSA) is 30.5 Å². The van der Waals surface area contributed by atoms with E-state index in [1.165, 1.54) is 0 Å². The molecule has 1 fully saturated rings. The molecular weight excluding hydrogens is 286 g/mol. The van der Waals surface area contributed by atoms with Gasteiger partial charge in [-0.3, -0.25) is 0 Å². The fourth-order valence-corrected chi connectivity index (χ4v) is 3.19. The molecule has 3 nitrogen and oxygen atoms in total. The lowest BCUT2D eigenvalue weighted by Gasteiger charge is -2.34. The standard InChI is InChI=1S/C17H26ClNO2/c1-4-19-11-17(15-7-5-6-8-16(15)18)21-14-9-12(2)20-13(3)10-14/h5-8,12-14,17,19H,4,9-11H2,1-3H3. The maximum atomic E-state index is 6.37. The van der Waals surface area contributed by atoms with Crippen LogP contribution in [0.25, 0.3) is 0 Å². The first-order chi connectivity index (χ1) is 10.1. The summed E-state index contributed by atoms with van der Waals surface area (Å²) in [6.45, 7) is 8.02. The lowest BCUT2D eigenvalue weighted by molar-refractivity contribution is -0.122. The molecule has 118 valence electrons. The van der Waals surface area contributed by atoms with Crippen LogP contribution in [0.15, 0.2) is 24.3 Å². The van der Waals surface area contributed by atoms with E-state index in [1.807, 2.05) is 18.2 Å². The molecule has 1 N–H and O–H groups in total. The average molecular weight is 312 g/mol. The number of ether oxygens (including phenoxy) is 2. The number of rotatable bonds is 6. The second kappa shape index (κ2) is 8.14. The molecule has 1 aliphatic heterocycles. The van der Waals surface area contributed by atoms with Gasteiger partial charge in [-0.15, -0.1) is 0 Å². The third-order valence-corrected chi connectivity index (χ3v) is 4.19. The van der Waals surface area contributed by atoms with Gasteiger partial charge in [0.25, 0.3) is 0 Å². The molecule has 3 atom stereocenters. The Labute approximate surface area is 133 Å². The number of benzene rings is 1. The van der Waals surface area contributed by atoms with E-state index in [1.54, 1.807) is 0 Å². The van der Waals surface area contributed by atoms with Crippen LogP contribution in [0.3, 0.4) is 0 Å². The quantitative estimate of drug-likeness (QED) is 0.862. The van der Waals surface area contributed by atoms with Gasteiger partial charge in [0.15, 0.2) is 0 Å². The van der Waals surface area contributed by atoms with Gasteiger partial charge in [0, 0.05) is 17.1 Å². The first-order valence-corrected chi connectivity index (χ1v) is 8.24. The number of halogens is 1. The van der Waals surface area contributed by atoms with Crippen molar-refractivity contribution >= 4 is 11.6 Å². The first kappa shape index (κ1) is 16.8. The smallest absolute Gasteiger partial charge is 0.0967 e. The normalized spacial score (nSPS) is 27.5. The van der Waals surface area contributed by atoms with Crippen molar-refractivity contribution in [3.8, 4) is 0 Å². The van der Waals surface area contributed by atoms with E-state index < -0.39 is 0 Å². The summed E-state index contributed by atoms with van der Waals surface area (Å²) in [7, 11) is 0. The number of likely N-dealkylation sites (N-methyl/N-ethyl adjacent to an activating group) is 1. The van der Waals surface area contributed by atoms with E-state index in [0.29, 0.717) is 0 Å². The predicted molar refractivity (Wildman–Crippen MR) is 86.9 cm³/mol. The zero-order valence-electron chi connectivity index (χ0n) is 13.1. The van der Waals surface area contributed by atoms with Gasteiger partial charge in [-0.2, -0.15) is 0 Å². The molecule has 1 saturated heterocycles. The zero-order valence-corrected chi connectivity index (χ0v) is 13.9. The number of hydrogen-bond acceptors (Lipinski definition) is 3. The molecule has 3 unspecified atom stereocenters. The molecule has 1 aromatic carbocycles. The molecule has 0 spiro atoms. The van der Waals surface area contributed by atoms with Gasteiger partial charge in [-0.1, -0.05) is 36.7 Å². The lowest BCUT2D eigenvalue weighted by Crippen LogP contribution is -2.36. The van der Waals surface area contributed by atoms with Crippen molar-refractivity contribution in [3.05, 3.63) is 34.9 Å². The highest BCUT2D eigenvalue weighted by atomic mass is 35.5. The molecule has 0 saturated carbocycles. The molecule has 0 bridgehead atoms. The molecule has 1 aromatic rings. The fraction of sp³-hybridized carbons (Fsp3) is 0.647. The van der Waals surface area contributed by atoms with E-state index in [2.05, 4.69) is 32.2 Å². The van der Waals surface area contributed by atoms with Gasteiger partial charge in [0.05, 0.1) is 24.4 Å². The van der Waals surface area contributed by atoms with Crippen molar-refractivity contribution < 1.29 is 9.47 Å². The summed E-state index contributed by atoms with van der Waals surface area (Å²) in [5, 5.41) is 4.14. The van der Waals surface area contributed by atoms with Gasteiger partial charge in [0.1, 0.15) is 0 Å². The molecule has 4 heteroatoms. The van der Waals surface area contributed by atoms with Crippen molar-refractivity contribution in [2.45, 2.75) is 58.0 Å². The Hall–Kier alpha value is -0.610. The molecule has 0 aliphatic carbocycles. The Morgan fingerprint density at radius 3 is 2.57 bits per heavy atom. The van der Waals surface area contributed by atoms with Crippen molar-refractivity contribution in [3.63, 3.8) is 0 Å². The summed E-state index contributed by atoms with van der Waals surface area (Å²) in [6.07, 6.45) is 2.61. The van der Waals surface area contributed by atoms with E-state index in [-0.39, 0.29) is 24.4 Å². The van der Waals surface area contributed by atoms with Crippen LogP contribution in [-0.2, 0) is 9.47 Å². The van der Waals surface area contributed by atoms with Crippen LogP contribution in [0, 0.1) is 0 Å². The monoisotopic (exact) mass is 311 g/mol. The van der Waals surface area contributed by atoms with Crippen LogP contribution < -0.4 is 5.32 Å². The minimum absolute atomic E-state index is 0.0128. The van der Waals surface area contributed by atoms with Gasteiger partial charge < -0.3 is 14.8 Å². The van der Waals surface area contributed by atoms with Crippen LogP contribution in [0.1, 0.15) is 45.3 Å². The maximum absolute atomic E-state index is 6.37. The van der Waals surface area contributed by atoms with Gasteiger partial charge in [0.2, 0.25) is 0 Å². The SMILES string of the molecule is CCNCC(OC1CC(C)OC(C)C1)c1ccccc1Cl. The second-order valence-corrected chi connectivity index (χ2v) is 6.21. The highest BCUT2D eigenvalue weighted by Gasteiger charge is 2.28. The van der Waals surface area contributed by atoms with Gasteiger partial charge in [-0.25, -0.2) is 0 Å². The molecule has 0 aromatic heterocycles. The summed E-state index contributed by atoms with van der Waals surface area (Å²) in [4.78, 5) is 0. The number of nitrogens with one attached hydrogen (secondary N) is 1. The maximum Gasteiger partial charge on any atom is 0.0967 e. The highest BCUT2D eigenvalue weighted by Crippen LogP contribution is 2.30. The van der Waals surface area contributed by atoms with Gasteiger partial charge in [-0.05, 0) is 39.3 Å². The fourth-order valence-electron chi connectivity index (χ4n) is 2.93. The summed E-state index contributed by atoms with van der Waals surface area (Å²) in [5.74, 6) is 0. The predicted octanol–water partition coefficient (Wildman–Crippen LogP) is 3.96.